The van der Waals surface area contributed by atoms with Crippen LogP contribution in [0.3, 0.4) is 0 Å². The van der Waals surface area contributed by atoms with Gasteiger partial charge in [-0.3, -0.25) is 23.6 Å². The summed E-state index contributed by atoms with van der Waals surface area (Å²) in [6, 6.07) is 3.82. The minimum Gasteiger partial charge on any atom is -0.468 e. The van der Waals surface area contributed by atoms with Crippen molar-refractivity contribution in [2.45, 2.75) is 19.5 Å². The first kappa shape index (κ1) is 19.2. The summed E-state index contributed by atoms with van der Waals surface area (Å²) < 4.78 is 9.29. The fourth-order valence-corrected chi connectivity index (χ4v) is 3.76. The highest BCUT2D eigenvalue weighted by Gasteiger charge is 2.22. The Bertz CT molecular complexity index is 1140. The van der Waals surface area contributed by atoms with E-state index in [-0.39, 0.29) is 23.6 Å². The fraction of sp³-hybridized carbons (Fsp3) is 0.474. The van der Waals surface area contributed by atoms with Gasteiger partial charge in [-0.1, -0.05) is 0 Å². The van der Waals surface area contributed by atoms with E-state index in [1.807, 2.05) is 17.0 Å². The topological polar surface area (TPSA) is 98.5 Å². The largest absolute Gasteiger partial charge is 0.468 e. The number of rotatable bonds is 4. The SMILES string of the molecule is Cn1c(=O)c2c(ncn2CC(=O)N2CCCN(Cc3ccco3)CC2)n(C)c1=O. The third-order valence-corrected chi connectivity index (χ3v) is 5.42. The zero-order valence-corrected chi connectivity index (χ0v) is 16.6. The van der Waals surface area contributed by atoms with Gasteiger partial charge in [0.05, 0.1) is 19.1 Å². The van der Waals surface area contributed by atoms with Crippen molar-refractivity contribution in [3.63, 3.8) is 0 Å². The van der Waals surface area contributed by atoms with Crippen molar-refractivity contribution in [3.05, 3.63) is 51.3 Å². The van der Waals surface area contributed by atoms with E-state index in [1.54, 1.807) is 13.3 Å². The Morgan fingerprint density at radius 3 is 2.72 bits per heavy atom. The average Bonchev–Trinajstić information content (AvgIpc) is 3.30. The summed E-state index contributed by atoms with van der Waals surface area (Å²) in [5.74, 6) is 0.844. The van der Waals surface area contributed by atoms with Crippen LogP contribution in [0, 0.1) is 0 Å². The van der Waals surface area contributed by atoms with Crippen LogP contribution in [0.4, 0.5) is 0 Å². The summed E-state index contributed by atoms with van der Waals surface area (Å²) in [5.41, 5.74) is -0.347. The number of carbonyl (C=O) groups is 1. The lowest BCUT2D eigenvalue weighted by Gasteiger charge is -2.21. The van der Waals surface area contributed by atoms with Crippen LogP contribution in [-0.4, -0.2) is 60.6 Å². The van der Waals surface area contributed by atoms with Gasteiger partial charge < -0.3 is 13.9 Å². The quantitative estimate of drug-likeness (QED) is 0.600. The molecule has 1 fully saturated rings. The number of aromatic nitrogens is 4. The lowest BCUT2D eigenvalue weighted by Crippen LogP contribution is -2.39. The third kappa shape index (κ3) is 3.63. The maximum absolute atomic E-state index is 12.9. The lowest BCUT2D eigenvalue weighted by atomic mass is 10.3. The van der Waals surface area contributed by atoms with Crippen LogP contribution in [0.2, 0.25) is 0 Å². The Labute approximate surface area is 166 Å². The smallest absolute Gasteiger partial charge is 0.332 e. The van der Waals surface area contributed by atoms with Crippen LogP contribution < -0.4 is 11.2 Å². The molecule has 3 aromatic rings. The molecule has 4 rings (SSSR count). The molecule has 0 radical (unpaired) electrons. The maximum atomic E-state index is 12.9. The molecule has 0 bridgehead atoms. The molecule has 0 saturated carbocycles. The summed E-state index contributed by atoms with van der Waals surface area (Å²) in [6.07, 6.45) is 3.98. The van der Waals surface area contributed by atoms with Gasteiger partial charge in [0.25, 0.3) is 5.56 Å². The van der Waals surface area contributed by atoms with Gasteiger partial charge in [-0.2, -0.15) is 0 Å². The van der Waals surface area contributed by atoms with Crippen LogP contribution in [-0.2, 0) is 32.0 Å². The molecule has 4 heterocycles. The van der Waals surface area contributed by atoms with Crippen molar-refractivity contribution in [2.24, 2.45) is 14.1 Å². The number of nitrogens with zero attached hydrogens (tertiary/aromatic N) is 6. The van der Waals surface area contributed by atoms with E-state index in [0.29, 0.717) is 13.1 Å². The normalized spacial score (nSPS) is 15.7. The van der Waals surface area contributed by atoms with Crippen molar-refractivity contribution in [1.82, 2.24) is 28.5 Å². The zero-order valence-electron chi connectivity index (χ0n) is 16.6. The number of furan rings is 1. The van der Waals surface area contributed by atoms with Crippen LogP contribution in [0.25, 0.3) is 11.2 Å². The highest BCUT2D eigenvalue weighted by molar-refractivity contribution is 5.79. The highest BCUT2D eigenvalue weighted by Crippen LogP contribution is 2.11. The number of fused-ring (bicyclic) bond motifs is 1. The third-order valence-electron chi connectivity index (χ3n) is 5.42. The molecule has 10 nitrogen and oxygen atoms in total. The minimum atomic E-state index is -0.450. The van der Waals surface area contributed by atoms with Gasteiger partial charge in [0.15, 0.2) is 11.2 Å². The van der Waals surface area contributed by atoms with Gasteiger partial charge in [0, 0.05) is 40.3 Å². The molecular formula is C19H24N6O4. The molecule has 0 aromatic carbocycles. The van der Waals surface area contributed by atoms with Crippen molar-refractivity contribution in [1.29, 1.82) is 0 Å². The summed E-state index contributed by atoms with van der Waals surface area (Å²) in [5, 5.41) is 0. The maximum Gasteiger partial charge on any atom is 0.332 e. The van der Waals surface area contributed by atoms with Crippen LogP contribution >= 0.6 is 0 Å². The molecular weight excluding hydrogens is 376 g/mol. The second kappa shape index (κ2) is 7.70. The number of carbonyl (C=O) groups excluding carboxylic acids is 1. The van der Waals surface area contributed by atoms with Crippen LogP contribution in [0.1, 0.15) is 12.2 Å². The lowest BCUT2D eigenvalue weighted by molar-refractivity contribution is -0.131. The number of hydrogen-bond donors (Lipinski definition) is 0. The van der Waals surface area contributed by atoms with Gasteiger partial charge in [-0.05, 0) is 18.6 Å². The first-order chi connectivity index (χ1) is 14.0. The molecule has 1 amide bonds. The molecule has 29 heavy (non-hydrogen) atoms. The molecule has 154 valence electrons. The van der Waals surface area contributed by atoms with Crippen LogP contribution in [0.5, 0.6) is 0 Å². The minimum absolute atomic E-state index is 0.0160. The van der Waals surface area contributed by atoms with Crippen molar-refractivity contribution >= 4 is 17.1 Å². The Balaban J connectivity index is 1.48. The summed E-state index contributed by atoms with van der Waals surface area (Å²) in [6.45, 7) is 3.67. The first-order valence-corrected chi connectivity index (χ1v) is 9.59. The summed E-state index contributed by atoms with van der Waals surface area (Å²) in [7, 11) is 2.98. The van der Waals surface area contributed by atoms with Gasteiger partial charge in [0.2, 0.25) is 5.91 Å². The molecule has 0 N–H and O–H groups in total. The molecule has 1 saturated heterocycles. The number of imidazole rings is 1. The predicted molar refractivity (Wildman–Crippen MR) is 105 cm³/mol. The molecule has 1 aliphatic rings. The van der Waals surface area contributed by atoms with Gasteiger partial charge in [-0.25, -0.2) is 9.78 Å². The van der Waals surface area contributed by atoms with E-state index in [9.17, 15) is 14.4 Å². The van der Waals surface area contributed by atoms with Gasteiger partial charge >= 0.3 is 5.69 Å². The standard InChI is InChI=1S/C19H24N6O4/c1-21-17-16(18(27)22(2)19(21)28)25(13-20-17)12-15(26)24-7-4-6-23(8-9-24)11-14-5-3-10-29-14/h3,5,10,13H,4,6-9,11-12H2,1-2H3. The van der Waals surface area contributed by atoms with Crippen molar-refractivity contribution in [2.75, 3.05) is 26.2 Å². The van der Waals surface area contributed by atoms with E-state index >= 15 is 0 Å². The fourth-order valence-electron chi connectivity index (χ4n) is 3.76. The number of amides is 1. The Morgan fingerprint density at radius 1 is 1.14 bits per heavy atom. The second-order valence-corrected chi connectivity index (χ2v) is 7.34. The summed E-state index contributed by atoms with van der Waals surface area (Å²) >= 11 is 0. The van der Waals surface area contributed by atoms with Gasteiger partial charge in [-0.15, -0.1) is 0 Å². The van der Waals surface area contributed by atoms with Crippen molar-refractivity contribution < 1.29 is 9.21 Å². The Kier molecular flexibility index (Phi) is 5.10. The first-order valence-electron chi connectivity index (χ1n) is 9.59. The molecule has 0 atom stereocenters. The molecule has 1 aliphatic heterocycles. The van der Waals surface area contributed by atoms with Gasteiger partial charge in [0.1, 0.15) is 12.3 Å². The van der Waals surface area contributed by atoms with E-state index in [0.717, 1.165) is 36.4 Å². The average molecular weight is 400 g/mol. The monoisotopic (exact) mass is 400 g/mol. The molecule has 0 unspecified atom stereocenters. The number of hydrogen-bond acceptors (Lipinski definition) is 6. The Morgan fingerprint density at radius 2 is 1.97 bits per heavy atom. The molecule has 10 heteroatoms. The molecule has 0 spiro atoms. The van der Waals surface area contributed by atoms with E-state index < -0.39 is 11.2 Å². The summed E-state index contributed by atoms with van der Waals surface area (Å²) in [4.78, 5) is 45.8. The highest BCUT2D eigenvalue weighted by atomic mass is 16.3. The number of aryl methyl sites for hydroxylation is 1. The van der Waals surface area contributed by atoms with E-state index in [1.165, 1.54) is 22.5 Å². The molecule has 0 aliphatic carbocycles. The zero-order chi connectivity index (χ0) is 20.5. The van der Waals surface area contributed by atoms with E-state index in [2.05, 4.69) is 9.88 Å². The Hall–Kier alpha value is -3.14. The van der Waals surface area contributed by atoms with Crippen LogP contribution in [0.15, 0.2) is 38.7 Å². The van der Waals surface area contributed by atoms with E-state index in [4.69, 9.17) is 4.42 Å². The second-order valence-electron chi connectivity index (χ2n) is 7.34. The molecule has 3 aromatic heterocycles. The predicted octanol–water partition coefficient (Wildman–Crippen LogP) is -0.239. The van der Waals surface area contributed by atoms with Crippen molar-refractivity contribution in [3.8, 4) is 0 Å².